The lowest BCUT2D eigenvalue weighted by Crippen LogP contribution is -2.34. The third-order valence-corrected chi connectivity index (χ3v) is 8.96. The summed E-state index contributed by atoms with van der Waals surface area (Å²) in [5.74, 6) is -0.371. The Hall–Kier alpha value is -6.00. The number of carbonyl (C=O) groups is 2. The maximum atomic E-state index is 15.0. The van der Waals surface area contributed by atoms with Gasteiger partial charge in [0.2, 0.25) is 0 Å². The van der Waals surface area contributed by atoms with Gasteiger partial charge in [-0.2, -0.15) is 0 Å². The first-order valence-corrected chi connectivity index (χ1v) is 15.5. The summed E-state index contributed by atoms with van der Waals surface area (Å²) < 4.78 is 0. The zero-order valence-corrected chi connectivity index (χ0v) is 25.0. The summed E-state index contributed by atoms with van der Waals surface area (Å²) in [6, 6.07) is 55.3. The van der Waals surface area contributed by atoms with Crippen molar-refractivity contribution >= 4 is 34.3 Å². The lowest BCUT2D eigenvalue weighted by atomic mass is 9.95. The van der Waals surface area contributed by atoms with Gasteiger partial charge in [-0.15, -0.1) is 0 Å². The number of nitrogens with zero attached hydrogens (tertiary/aromatic N) is 2. The number of para-hydroxylation sites is 2. The van der Waals surface area contributed by atoms with Crippen LogP contribution in [0.15, 0.2) is 170 Å². The van der Waals surface area contributed by atoms with Crippen molar-refractivity contribution in [1.82, 2.24) is 0 Å². The number of rotatable bonds is 6. The average molecular weight is 595 g/mol. The Bertz CT molecular complexity index is 1860. The van der Waals surface area contributed by atoms with E-state index in [-0.39, 0.29) is 23.9 Å². The molecule has 6 aromatic carbocycles. The molecule has 0 radical (unpaired) electrons. The highest BCUT2D eigenvalue weighted by atomic mass is 16.2. The van der Waals surface area contributed by atoms with Gasteiger partial charge in [-0.05, 0) is 34.4 Å². The Morgan fingerprint density at radius 1 is 0.326 bits per heavy atom. The summed E-state index contributed by atoms with van der Waals surface area (Å²) in [4.78, 5) is 33.7. The summed E-state index contributed by atoms with van der Waals surface area (Å²) >= 11 is 0. The SMILES string of the molecule is O=C1/C(=C2/C(=O)N(C(c3ccccc3)c3ccccc3)c3ccccc32)c2ccccc2N1C(c1ccccc1)c1ccccc1. The van der Waals surface area contributed by atoms with E-state index in [1.165, 1.54) is 0 Å². The van der Waals surface area contributed by atoms with Gasteiger partial charge < -0.3 is 0 Å². The number of anilines is 2. The lowest BCUT2D eigenvalue weighted by Gasteiger charge is -2.30. The van der Waals surface area contributed by atoms with Gasteiger partial charge >= 0.3 is 0 Å². The van der Waals surface area contributed by atoms with Gasteiger partial charge in [0.15, 0.2) is 0 Å². The molecule has 2 aliphatic rings. The van der Waals surface area contributed by atoms with Gasteiger partial charge in [0.1, 0.15) is 0 Å². The van der Waals surface area contributed by atoms with Crippen LogP contribution in [0.5, 0.6) is 0 Å². The van der Waals surface area contributed by atoms with Crippen LogP contribution >= 0.6 is 0 Å². The molecule has 0 aromatic heterocycles. The fraction of sp³-hybridized carbons (Fsp3) is 0.0476. The van der Waals surface area contributed by atoms with Crippen molar-refractivity contribution in [2.24, 2.45) is 0 Å². The molecule has 0 atom stereocenters. The smallest absolute Gasteiger partial charge is 0.260 e. The van der Waals surface area contributed by atoms with E-state index in [4.69, 9.17) is 0 Å². The highest BCUT2D eigenvalue weighted by Gasteiger charge is 2.46. The molecule has 2 heterocycles. The number of hydrogen-bond acceptors (Lipinski definition) is 2. The predicted molar refractivity (Wildman–Crippen MR) is 184 cm³/mol. The van der Waals surface area contributed by atoms with Crippen LogP contribution in [0.2, 0.25) is 0 Å². The third kappa shape index (κ3) is 4.46. The molecule has 0 spiro atoms. The summed E-state index contributed by atoms with van der Waals surface area (Å²) in [5, 5.41) is 0. The minimum Gasteiger partial charge on any atom is -0.296 e. The largest absolute Gasteiger partial charge is 0.296 e. The van der Waals surface area contributed by atoms with Gasteiger partial charge in [-0.3, -0.25) is 19.4 Å². The molecular weight excluding hydrogens is 564 g/mol. The minimum atomic E-state index is -0.376. The Balaban J connectivity index is 1.35. The van der Waals surface area contributed by atoms with Crippen LogP contribution in [0, 0.1) is 0 Å². The van der Waals surface area contributed by atoms with E-state index in [1.54, 1.807) is 0 Å². The van der Waals surface area contributed by atoms with Crippen molar-refractivity contribution in [3.63, 3.8) is 0 Å². The molecule has 6 aromatic rings. The Labute approximate surface area is 268 Å². The fourth-order valence-corrected chi connectivity index (χ4v) is 7.00. The molecule has 46 heavy (non-hydrogen) atoms. The van der Waals surface area contributed by atoms with Crippen LogP contribution in [0.1, 0.15) is 45.5 Å². The van der Waals surface area contributed by atoms with E-state index in [9.17, 15) is 0 Å². The van der Waals surface area contributed by atoms with Crippen molar-refractivity contribution in [3.8, 4) is 0 Å². The molecule has 0 saturated carbocycles. The van der Waals surface area contributed by atoms with Crippen LogP contribution in [0.3, 0.4) is 0 Å². The van der Waals surface area contributed by atoms with Gasteiger partial charge in [0, 0.05) is 11.1 Å². The van der Waals surface area contributed by atoms with Crippen molar-refractivity contribution < 1.29 is 9.59 Å². The minimum absolute atomic E-state index is 0.185. The first kappa shape index (κ1) is 27.5. The third-order valence-electron chi connectivity index (χ3n) is 8.96. The molecule has 0 unspecified atom stereocenters. The number of hydrogen-bond donors (Lipinski definition) is 0. The second kappa shape index (κ2) is 11.5. The summed E-state index contributed by atoms with van der Waals surface area (Å²) in [6.45, 7) is 0. The van der Waals surface area contributed by atoms with Gasteiger partial charge in [-0.1, -0.05) is 158 Å². The van der Waals surface area contributed by atoms with Crippen molar-refractivity contribution in [3.05, 3.63) is 203 Å². The molecule has 0 fully saturated rings. The highest BCUT2D eigenvalue weighted by Crippen LogP contribution is 2.51. The van der Waals surface area contributed by atoms with Crippen LogP contribution < -0.4 is 9.80 Å². The molecular formula is C42H30N2O2. The molecule has 0 bridgehead atoms. The maximum absolute atomic E-state index is 15.0. The van der Waals surface area contributed by atoms with E-state index in [0.29, 0.717) is 11.1 Å². The van der Waals surface area contributed by atoms with Gasteiger partial charge in [0.25, 0.3) is 11.8 Å². The zero-order chi connectivity index (χ0) is 31.0. The quantitative estimate of drug-likeness (QED) is 0.181. The molecule has 0 aliphatic carbocycles. The van der Waals surface area contributed by atoms with Gasteiger partial charge in [0.05, 0.1) is 34.6 Å². The molecule has 0 saturated heterocycles. The molecule has 220 valence electrons. The molecule has 2 aliphatic heterocycles. The summed E-state index contributed by atoms with van der Waals surface area (Å²) in [7, 11) is 0. The van der Waals surface area contributed by atoms with Crippen LogP contribution in [0.25, 0.3) is 11.1 Å². The monoisotopic (exact) mass is 594 g/mol. The fourth-order valence-electron chi connectivity index (χ4n) is 7.00. The first-order chi connectivity index (χ1) is 22.7. The van der Waals surface area contributed by atoms with E-state index in [0.717, 1.165) is 44.8 Å². The lowest BCUT2D eigenvalue weighted by molar-refractivity contribution is -0.115. The van der Waals surface area contributed by atoms with Crippen molar-refractivity contribution in [2.75, 3.05) is 9.80 Å². The van der Waals surface area contributed by atoms with Crippen molar-refractivity contribution in [2.45, 2.75) is 12.1 Å². The van der Waals surface area contributed by atoms with E-state index >= 15 is 9.59 Å². The van der Waals surface area contributed by atoms with Crippen LogP contribution in [-0.2, 0) is 9.59 Å². The maximum Gasteiger partial charge on any atom is 0.260 e. The topological polar surface area (TPSA) is 40.6 Å². The zero-order valence-electron chi connectivity index (χ0n) is 25.0. The Morgan fingerprint density at radius 2 is 0.587 bits per heavy atom. The van der Waals surface area contributed by atoms with E-state index in [2.05, 4.69) is 48.5 Å². The first-order valence-electron chi connectivity index (χ1n) is 15.5. The molecule has 0 N–H and O–H groups in total. The second-order valence-electron chi connectivity index (χ2n) is 11.6. The number of benzene rings is 6. The Morgan fingerprint density at radius 3 is 0.891 bits per heavy atom. The number of amides is 2. The highest BCUT2D eigenvalue weighted by molar-refractivity contribution is 6.50. The van der Waals surface area contributed by atoms with E-state index in [1.807, 2.05) is 131 Å². The van der Waals surface area contributed by atoms with Crippen molar-refractivity contribution in [1.29, 1.82) is 0 Å². The van der Waals surface area contributed by atoms with E-state index < -0.39 is 0 Å². The molecule has 4 heteroatoms. The standard InChI is InChI=1S/C42H30N2O2/c45-41-37(33-25-13-15-27-35(33)43(41)39(29-17-5-1-6-18-29)30-19-7-2-8-20-30)38-34-26-14-16-28-36(34)44(42(38)46)40(31-21-9-3-10-22-31)32-23-11-4-12-24-32/h1-28,39-40H/b38-37+. The van der Waals surface area contributed by atoms with Gasteiger partial charge in [-0.25, -0.2) is 0 Å². The normalized spacial score (nSPS) is 15.5. The summed E-state index contributed by atoms with van der Waals surface area (Å²) in [5.41, 5.74) is 7.97. The average Bonchev–Trinajstić information content (AvgIpc) is 3.56. The van der Waals surface area contributed by atoms with Crippen LogP contribution in [-0.4, -0.2) is 11.8 Å². The number of fused-ring (bicyclic) bond motifs is 2. The second-order valence-corrected chi connectivity index (χ2v) is 11.6. The predicted octanol–water partition coefficient (Wildman–Crippen LogP) is 8.87. The molecule has 4 nitrogen and oxygen atoms in total. The number of carbonyl (C=O) groups excluding carboxylic acids is 2. The molecule has 8 rings (SSSR count). The Kier molecular flexibility index (Phi) is 6.88. The molecule has 2 amide bonds. The summed E-state index contributed by atoms with van der Waals surface area (Å²) in [6.07, 6.45) is 0. The van der Waals surface area contributed by atoms with Crippen LogP contribution in [0.4, 0.5) is 11.4 Å².